The van der Waals surface area contributed by atoms with E-state index in [9.17, 15) is 4.79 Å². The van der Waals surface area contributed by atoms with Crippen LogP contribution in [-0.2, 0) is 16.1 Å². The average molecular weight is 349 g/mol. The Balaban J connectivity index is 1.54. The quantitative estimate of drug-likeness (QED) is 0.855. The molecule has 1 amide bonds. The van der Waals surface area contributed by atoms with E-state index in [-0.39, 0.29) is 12.0 Å². The second-order valence-electron chi connectivity index (χ2n) is 6.70. The molecular formula is C19H28N2O2S. The molecule has 0 aromatic heterocycles. The standard InChI is InChI=1S/C19H28N2O2S/c1-15-16(14-21-9-12-24-13-10-21)4-2-6-18(15)20-19(22)8-7-17-5-3-11-23-17/h2,4,6,17H,3,5,7-14H2,1H3,(H,20,22)/t17-/m0/s1. The van der Waals surface area contributed by atoms with Gasteiger partial charge in [-0.1, -0.05) is 12.1 Å². The summed E-state index contributed by atoms with van der Waals surface area (Å²) in [6.07, 6.45) is 3.87. The zero-order valence-electron chi connectivity index (χ0n) is 14.6. The van der Waals surface area contributed by atoms with E-state index in [4.69, 9.17) is 4.74 Å². The third kappa shape index (κ3) is 4.98. The monoisotopic (exact) mass is 348 g/mol. The number of carbonyl (C=O) groups is 1. The van der Waals surface area contributed by atoms with Crippen molar-refractivity contribution in [2.45, 2.75) is 45.3 Å². The first-order chi connectivity index (χ1) is 11.7. The van der Waals surface area contributed by atoms with E-state index >= 15 is 0 Å². The molecule has 0 bridgehead atoms. The molecule has 2 heterocycles. The number of rotatable bonds is 6. The lowest BCUT2D eigenvalue weighted by Gasteiger charge is -2.27. The van der Waals surface area contributed by atoms with Crippen LogP contribution in [0, 0.1) is 6.92 Å². The van der Waals surface area contributed by atoms with Crippen molar-refractivity contribution in [3.8, 4) is 0 Å². The zero-order chi connectivity index (χ0) is 16.8. The van der Waals surface area contributed by atoms with E-state index in [1.54, 1.807) is 0 Å². The predicted octanol–water partition coefficient (Wildman–Crippen LogP) is 3.44. The molecule has 5 heteroatoms. The lowest BCUT2D eigenvalue weighted by atomic mass is 10.1. The van der Waals surface area contributed by atoms with Gasteiger partial charge in [-0.3, -0.25) is 9.69 Å². The first-order valence-electron chi connectivity index (χ1n) is 9.02. The molecule has 4 nitrogen and oxygen atoms in total. The highest BCUT2D eigenvalue weighted by Crippen LogP contribution is 2.23. The van der Waals surface area contributed by atoms with Crippen molar-refractivity contribution in [2.24, 2.45) is 0 Å². The number of anilines is 1. The van der Waals surface area contributed by atoms with Gasteiger partial charge in [0, 0.05) is 49.9 Å². The fourth-order valence-electron chi connectivity index (χ4n) is 3.37. The molecule has 1 N–H and O–H groups in total. The van der Waals surface area contributed by atoms with E-state index in [0.717, 1.165) is 51.2 Å². The van der Waals surface area contributed by atoms with Crippen LogP contribution in [0.1, 0.15) is 36.8 Å². The first kappa shape index (κ1) is 17.8. The summed E-state index contributed by atoms with van der Waals surface area (Å²) in [5.41, 5.74) is 3.47. The lowest BCUT2D eigenvalue weighted by Crippen LogP contribution is -2.32. The maximum absolute atomic E-state index is 12.2. The summed E-state index contributed by atoms with van der Waals surface area (Å²) in [7, 11) is 0. The van der Waals surface area contributed by atoms with E-state index in [0.29, 0.717) is 6.42 Å². The number of carbonyl (C=O) groups excluding carboxylic acids is 1. The van der Waals surface area contributed by atoms with Crippen LogP contribution in [-0.4, -0.2) is 48.1 Å². The number of thioether (sulfide) groups is 1. The summed E-state index contributed by atoms with van der Waals surface area (Å²) in [4.78, 5) is 14.7. The van der Waals surface area contributed by atoms with Crippen LogP contribution in [0.25, 0.3) is 0 Å². The minimum Gasteiger partial charge on any atom is -0.378 e. The van der Waals surface area contributed by atoms with Crippen LogP contribution in [0.5, 0.6) is 0 Å². The minimum absolute atomic E-state index is 0.0973. The summed E-state index contributed by atoms with van der Waals surface area (Å²) in [6.45, 7) is 6.25. The Labute approximate surface area is 149 Å². The molecule has 0 unspecified atom stereocenters. The normalized spacial score (nSPS) is 21.8. The molecule has 0 spiro atoms. The van der Waals surface area contributed by atoms with Crippen LogP contribution in [0.15, 0.2) is 18.2 Å². The summed E-state index contributed by atoms with van der Waals surface area (Å²) in [6, 6.07) is 6.24. The molecule has 3 rings (SSSR count). The fraction of sp³-hybridized carbons (Fsp3) is 0.632. The molecule has 2 fully saturated rings. The second-order valence-corrected chi connectivity index (χ2v) is 7.92. The summed E-state index contributed by atoms with van der Waals surface area (Å²) in [5.74, 6) is 2.54. The van der Waals surface area contributed by atoms with Crippen LogP contribution >= 0.6 is 11.8 Å². The van der Waals surface area contributed by atoms with Gasteiger partial charge in [0.2, 0.25) is 5.91 Å². The maximum Gasteiger partial charge on any atom is 0.224 e. The van der Waals surface area contributed by atoms with Gasteiger partial charge in [0.05, 0.1) is 6.10 Å². The highest BCUT2D eigenvalue weighted by atomic mass is 32.2. The summed E-state index contributed by atoms with van der Waals surface area (Å²) >= 11 is 2.03. The van der Waals surface area contributed by atoms with Gasteiger partial charge in [0.1, 0.15) is 0 Å². The lowest BCUT2D eigenvalue weighted by molar-refractivity contribution is -0.116. The maximum atomic E-state index is 12.2. The topological polar surface area (TPSA) is 41.6 Å². The minimum atomic E-state index is 0.0973. The summed E-state index contributed by atoms with van der Waals surface area (Å²) in [5, 5.41) is 3.09. The Kier molecular flexibility index (Phi) is 6.58. The van der Waals surface area contributed by atoms with Crippen molar-refractivity contribution < 1.29 is 9.53 Å². The van der Waals surface area contributed by atoms with E-state index < -0.39 is 0 Å². The molecule has 2 aliphatic rings. The SMILES string of the molecule is Cc1c(CN2CCSCC2)cccc1NC(=O)CC[C@@H]1CCCO1. The van der Waals surface area contributed by atoms with Crippen molar-refractivity contribution in [1.82, 2.24) is 4.90 Å². The molecule has 0 saturated carbocycles. The molecule has 1 aromatic carbocycles. The number of amides is 1. The molecule has 0 radical (unpaired) electrons. The molecular weight excluding hydrogens is 320 g/mol. The van der Waals surface area contributed by atoms with E-state index in [1.807, 2.05) is 17.8 Å². The van der Waals surface area contributed by atoms with Gasteiger partial charge < -0.3 is 10.1 Å². The van der Waals surface area contributed by atoms with Crippen molar-refractivity contribution in [3.05, 3.63) is 29.3 Å². The Morgan fingerprint density at radius 2 is 2.21 bits per heavy atom. The van der Waals surface area contributed by atoms with Gasteiger partial charge in [-0.2, -0.15) is 11.8 Å². The highest BCUT2D eigenvalue weighted by Gasteiger charge is 2.17. The number of nitrogens with zero attached hydrogens (tertiary/aromatic N) is 1. The first-order valence-corrected chi connectivity index (χ1v) is 10.2. The zero-order valence-corrected chi connectivity index (χ0v) is 15.4. The number of benzene rings is 1. The molecule has 2 aliphatic heterocycles. The highest BCUT2D eigenvalue weighted by molar-refractivity contribution is 7.99. The fourth-order valence-corrected chi connectivity index (χ4v) is 4.35. The van der Waals surface area contributed by atoms with E-state index in [2.05, 4.69) is 29.3 Å². The van der Waals surface area contributed by atoms with Gasteiger partial charge in [-0.05, 0) is 43.4 Å². The Bertz CT molecular complexity index is 552. The predicted molar refractivity (Wildman–Crippen MR) is 101 cm³/mol. The van der Waals surface area contributed by atoms with Crippen LogP contribution in [0.4, 0.5) is 5.69 Å². The molecule has 1 atom stereocenters. The summed E-state index contributed by atoms with van der Waals surface area (Å²) < 4.78 is 5.59. The molecule has 1 aromatic rings. The number of hydrogen-bond donors (Lipinski definition) is 1. The number of hydrogen-bond acceptors (Lipinski definition) is 4. The third-order valence-electron chi connectivity index (χ3n) is 4.94. The smallest absolute Gasteiger partial charge is 0.224 e. The molecule has 0 aliphatic carbocycles. The van der Waals surface area contributed by atoms with Crippen molar-refractivity contribution in [2.75, 3.05) is 36.5 Å². The van der Waals surface area contributed by atoms with Crippen LogP contribution in [0.3, 0.4) is 0 Å². The Morgan fingerprint density at radius 1 is 1.38 bits per heavy atom. The number of ether oxygens (including phenoxy) is 1. The van der Waals surface area contributed by atoms with Crippen molar-refractivity contribution in [3.63, 3.8) is 0 Å². The molecule has 2 saturated heterocycles. The number of nitrogens with one attached hydrogen (secondary N) is 1. The van der Waals surface area contributed by atoms with E-state index in [1.165, 1.54) is 22.6 Å². The van der Waals surface area contributed by atoms with Gasteiger partial charge >= 0.3 is 0 Å². The van der Waals surface area contributed by atoms with Crippen LogP contribution < -0.4 is 5.32 Å². The van der Waals surface area contributed by atoms with Crippen LogP contribution in [0.2, 0.25) is 0 Å². The van der Waals surface area contributed by atoms with Gasteiger partial charge in [-0.15, -0.1) is 0 Å². The largest absolute Gasteiger partial charge is 0.378 e. The Morgan fingerprint density at radius 3 is 2.96 bits per heavy atom. The molecule has 24 heavy (non-hydrogen) atoms. The van der Waals surface area contributed by atoms with Gasteiger partial charge in [0.25, 0.3) is 0 Å². The van der Waals surface area contributed by atoms with Gasteiger partial charge in [-0.25, -0.2) is 0 Å². The average Bonchev–Trinajstić information content (AvgIpc) is 3.11. The molecule has 132 valence electrons. The Hall–Kier alpha value is -1.04. The van der Waals surface area contributed by atoms with Gasteiger partial charge in [0.15, 0.2) is 0 Å². The second kappa shape index (κ2) is 8.88. The van der Waals surface area contributed by atoms with Crippen molar-refractivity contribution in [1.29, 1.82) is 0 Å². The third-order valence-corrected chi connectivity index (χ3v) is 5.88. The van der Waals surface area contributed by atoms with Crippen molar-refractivity contribution >= 4 is 23.4 Å².